The average molecular weight is 297 g/mol. The first-order valence-corrected chi connectivity index (χ1v) is 6.78. The number of benzene rings is 1. The summed E-state index contributed by atoms with van der Waals surface area (Å²) in [5, 5.41) is 8.93. The lowest BCUT2D eigenvalue weighted by molar-refractivity contribution is 0.126. The fraction of sp³-hybridized carbons (Fsp3) is 0.455. The predicted octanol–water partition coefficient (Wildman–Crippen LogP) is 1.51. The minimum atomic E-state index is -4.22. The molecule has 0 heterocycles. The van der Waals surface area contributed by atoms with Gasteiger partial charge in [-0.3, -0.25) is 0 Å². The molecule has 0 unspecified atom stereocenters. The second-order valence-electron chi connectivity index (χ2n) is 4.04. The molecule has 1 rings (SSSR count). The van der Waals surface area contributed by atoms with E-state index in [0.717, 1.165) is 19.2 Å². The van der Waals surface area contributed by atoms with E-state index in [9.17, 15) is 21.6 Å². The van der Waals surface area contributed by atoms with Crippen LogP contribution in [-0.2, 0) is 16.6 Å². The number of hydrogen-bond donors (Lipinski definition) is 1. The van der Waals surface area contributed by atoms with E-state index in [1.165, 1.54) is 6.92 Å². The Morgan fingerprint density at radius 1 is 1.37 bits per heavy atom. The van der Waals surface area contributed by atoms with Gasteiger partial charge in [0.15, 0.2) is 0 Å². The van der Waals surface area contributed by atoms with Crippen molar-refractivity contribution in [1.29, 1.82) is 0 Å². The fourth-order valence-electron chi connectivity index (χ4n) is 1.53. The van der Waals surface area contributed by atoms with Crippen LogP contribution >= 0.6 is 0 Å². The molecule has 19 heavy (non-hydrogen) atoms. The Morgan fingerprint density at radius 3 is 2.42 bits per heavy atom. The van der Waals surface area contributed by atoms with Crippen LogP contribution in [-0.4, -0.2) is 37.8 Å². The minimum absolute atomic E-state index is 0.0621. The first kappa shape index (κ1) is 15.9. The largest absolute Gasteiger partial charge is 0.392 e. The van der Waals surface area contributed by atoms with Crippen LogP contribution in [0.5, 0.6) is 0 Å². The first-order valence-electron chi connectivity index (χ1n) is 5.34. The van der Waals surface area contributed by atoms with Crippen molar-refractivity contribution in [3.8, 4) is 0 Å². The van der Waals surface area contributed by atoms with E-state index < -0.39 is 40.3 Å². The molecule has 0 fully saturated rings. The molecule has 4 nitrogen and oxygen atoms in total. The van der Waals surface area contributed by atoms with Crippen LogP contribution in [0, 0.1) is 12.7 Å². The van der Waals surface area contributed by atoms with Gasteiger partial charge < -0.3 is 5.11 Å². The van der Waals surface area contributed by atoms with Crippen LogP contribution in [0.2, 0.25) is 0 Å². The molecule has 0 aromatic heterocycles. The van der Waals surface area contributed by atoms with E-state index >= 15 is 0 Å². The minimum Gasteiger partial charge on any atom is -0.392 e. The summed E-state index contributed by atoms with van der Waals surface area (Å²) >= 11 is 0. The molecule has 1 N–H and O–H groups in total. The number of hydrogen-bond acceptors (Lipinski definition) is 3. The summed E-state index contributed by atoms with van der Waals surface area (Å²) in [5.41, 5.74) is -0.106. The molecule has 1 aromatic rings. The van der Waals surface area contributed by atoms with Gasteiger partial charge in [0.25, 0.3) is 6.43 Å². The van der Waals surface area contributed by atoms with Gasteiger partial charge in [-0.2, -0.15) is 4.31 Å². The Labute approximate surface area is 109 Å². The van der Waals surface area contributed by atoms with Gasteiger partial charge in [0.05, 0.1) is 18.0 Å². The van der Waals surface area contributed by atoms with Crippen molar-refractivity contribution in [3.05, 3.63) is 29.1 Å². The Bertz CT molecular complexity index is 561. The van der Waals surface area contributed by atoms with E-state index in [1.807, 2.05) is 0 Å². The topological polar surface area (TPSA) is 57.6 Å². The molecule has 0 bridgehead atoms. The molecule has 0 saturated carbocycles. The summed E-state index contributed by atoms with van der Waals surface area (Å²) in [7, 11) is -3.23. The van der Waals surface area contributed by atoms with E-state index in [2.05, 4.69) is 0 Å². The maximum Gasteiger partial charge on any atom is 0.252 e. The normalized spacial score (nSPS) is 12.4. The van der Waals surface area contributed by atoms with Crippen LogP contribution < -0.4 is 0 Å². The molecule has 8 heteroatoms. The Balaban J connectivity index is 3.32. The zero-order valence-corrected chi connectivity index (χ0v) is 11.2. The van der Waals surface area contributed by atoms with Gasteiger partial charge in [-0.1, -0.05) is 0 Å². The van der Waals surface area contributed by atoms with Crippen molar-refractivity contribution in [2.24, 2.45) is 0 Å². The summed E-state index contributed by atoms with van der Waals surface area (Å²) < 4.78 is 62.6. The van der Waals surface area contributed by atoms with Crippen LogP contribution in [0.25, 0.3) is 0 Å². The molecule has 108 valence electrons. The second kappa shape index (κ2) is 5.89. The summed E-state index contributed by atoms with van der Waals surface area (Å²) in [4.78, 5) is -0.417. The summed E-state index contributed by atoms with van der Waals surface area (Å²) in [6.45, 7) is -0.287. The number of halogens is 3. The second-order valence-corrected chi connectivity index (χ2v) is 6.05. The quantitative estimate of drug-likeness (QED) is 0.896. The lowest BCUT2D eigenvalue weighted by Crippen LogP contribution is -2.32. The number of alkyl halides is 2. The number of sulfonamides is 1. The first-order chi connectivity index (χ1) is 8.70. The lowest BCUT2D eigenvalue weighted by atomic mass is 10.1. The van der Waals surface area contributed by atoms with Crippen molar-refractivity contribution in [2.75, 3.05) is 13.6 Å². The average Bonchev–Trinajstić information content (AvgIpc) is 2.31. The third-order valence-corrected chi connectivity index (χ3v) is 4.57. The van der Waals surface area contributed by atoms with Gasteiger partial charge in [0.2, 0.25) is 10.0 Å². The smallest absolute Gasteiger partial charge is 0.252 e. The zero-order chi connectivity index (χ0) is 14.8. The molecule has 0 spiro atoms. The third kappa shape index (κ3) is 3.46. The number of aliphatic hydroxyl groups excluding tert-OH is 1. The third-order valence-electron chi connectivity index (χ3n) is 2.62. The fourth-order valence-corrected chi connectivity index (χ4v) is 2.96. The summed E-state index contributed by atoms with van der Waals surface area (Å²) in [6, 6.07) is 2.08. The number of nitrogens with zero attached hydrogens (tertiary/aromatic N) is 1. The molecule has 0 atom stereocenters. The molecule has 0 saturated heterocycles. The van der Waals surface area contributed by atoms with Crippen molar-refractivity contribution < 1.29 is 26.7 Å². The Morgan fingerprint density at radius 2 is 1.95 bits per heavy atom. The van der Waals surface area contributed by atoms with Crippen LogP contribution in [0.1, 0.15) is 11.1 Å². The highest BCUT2D eigenvalue weighted by Crippen LogP contribution is 2.23. The number of rotatable bonds is 5. The van der Waals surface area contributed by atoms with Gasteiger partial charge in [-0.15, -0.1) is 0 Å². The van der Waals surface area contributed by atoms with Crippen LogP contribution in [0.15, 0.2) is 17.0 Å². The van der Waals surface area contributed by atoms with Crippen molar-refractivity contribution in [3.63, 3.8) is 0 Å². The molecular formula is C11H14F3NO3S. The molecule has 0 aliphatic rings. The lowest BCUT2D eigenvalue weighted by Gasteiger charge is -2.18. The van der Waals surface area contributed by atoms with Gasteiger partial charge in [-0.25, -0.2) is 21.6 Å². The monoisotopic (exact) mass is 297 g/mol. The molecule has 0 amide bonds. The highest BCUT2D eigenvalue weighted by Gasteiger charge is 2.26. The zero-order valence-electron chi connectivity index (χ0n) is 10.4. The molecular weight excluding hydrogens is 283 g/mol. The van der Waals surface area contributed by atoms with E-state index in [4.69, 9.17) is 5.11 Å². The molecule has 1 aromatic carbocycles. The Hall–Kier alpha value is -1.12. The standard InChI is InChI=1S/C11H14F3NO3S/c1-7-9(12)3-8(6-16)4-10(7)19(17,18)15(2)5-11(13)14/h3-4,11,16H,5-6H2,1-2H3. The van der Waals surface area contributed by atoms with Gasteiger partial charge >= 0.3 is 0 Å². The SMILES string of the molecule is Cc1c(F)cc(CO)cc1S(=O)(=O)N(C)CC(F)F. The predicted molar refractivity (Wildman–Crippen MR) is 62.9 cm³/mol. The number of aliphatic hydroxyl groups is 1. The highest BCUT2D eigenvalue weighted by molar-refractivity contribution is 7.89. The molecule has 0 radical (unpaired) electrons. The maximum absolute atomic E-state index is 13.5. The van der Waals surface area contributed by atoms with Crippen molar-refractivity contribution in [2.45, 2.75) is 24.9 Å². The summed E-state index contributed by atoms with van der Waals surface area (Å²) in [6.07, 6.45) is -2.83. The van der Waals surface area contributed by atoms with Crippen molar-refractivity contribution in [1.82, 2.24) is 4.31 Å². The van der Waals surface area contributed by atoms with E-state index in [-0.39, 0.29) is 11.1 Å². The van der Waals surface area contributed by atoms with Gasteiger partial charge in [0.1, 0.15) is 5.82 Å². The van der Waals surface area contributed by atoms with Crippen LogP contribution in [0.3, 0.4) is 0 Å². The Kier molecular flexibility index (Phi) is 4.94. The van der Waals surface area contributed by atoms with E-state index in [0.29, 0.717) is 4.31 Å². The van der Waals surface area contributed by atoms with Crippen LogP contribution in [0.4, 0.5) is 13.2 Å². The van der Waals surface area contributed by atoms with Gasteiger partial charge in [-0.05, 0) is 24.6 Å². The van der Waals surface area contributed by atoms with Crippen molar-refractivity contribution >= 4 is 10.0 Å². The molecule has 0 aliphatic carbocycles. The van der Waals surface area contributed by atoms with E-state index in [1.54, 1.807) is 0 Å². The highest BCUT2D eigenvalue weighted by atomic mass is 32.2. The van der Waals surface area contributed by atoms with Gasteiger partial charge in [0, 0.05) is 12.6 Å². The summed E-state index contributed by atoms with van der Waals surface area (Å²) in [5.74, 6) is -0.810. The maximum atomic E-state index is 13.5. The molecule has 0 aliphatic heterocycles.